The van der Waals surface area contributed by atoms with Gasteiger partial charge in [-0.2, -0.15) is 0 Å². The van der Waals surface area contributed by atoms with Crippen LogP contribution in [-0.4, -0.2) is 31.1 Å². The Hall–Kier alpha value is -0.0800. The van der Waals surface area contributed by atoms with Crippen LogP contribution < -0.4 is 5.73 Å². The van der Waals surface area contributed by atoms with Crippen molar-refractivity contribution in [2.24, 2.45) is 11.7 Å². The molecule has 1 rings (SSSR count). The molecule has 14 heavy (non-hydrogen) atoms. The summed E-state index contributed by atoms with van der Waals surface area (Å²) in [6.07, 6.45) is 8.49. The van der Waals surface area contributed by atoms with Crippen molar-refractivity contribution in [3.8, 4) is 0 Å². The third-order valence-corrected chi connectivity index (χ3v) is 3.75. The zero-order valence-electron chi connectivity index (χ0n) is 9.84. The summed E-state index contributed by atoms with van der Waals surface area (Å²) in [5, 5.41) is 0. The molecule has 0 spiro atoms. The van der Waals surface area contributed by atoms with Gasteiger partial charge in [0.15, 0.2) is 0 Å². The van der Waals surface area contributed by atoms with Crippen LogP contribution in [0.25, 0.3) is 0 Å². The molecule has 0 aliphatic heterocycles. The van der Waals surface area contributed by atoms with Crippen LogP contribution in [0, 0.1) is 5.92 Å². The number of hydrogen-bond donors (Lipinski definition) is 1. The van der Waals surface area contributed by atoms with Crippen molar-refractivity contribution >= 4 is 0 Å². The van der Waals surface area contributed by atoms with Crippen molar-refractivity contribution in [1.29, 1.82) is 0 Å². The van der Waals surface area contributed by atoms with Gasteiger partial charge in [-0.1, -0.05) is 32.6 Å². The lowest BCUT2D eigenvalue weighted by Crippen LogP contribution is -2.43. The van der Waals surface area contributed by atoms with E-state index in [0.29, 0.717) is 6.04 Å². The molecule has 0 radical (unpaired) electrons. The molecule has 1 atom stereocenters. The summed E-state index contributed by atoms with van der Waals surface area (Å²) in [7, 11) is 2.21. The summed E-state index contributed by atoms with van der Waals surface area (Å²) in [5.74, 6) is 0.854. The number of hydrogen-bond acceptors (Lipinski definition) is 2. The van der Waals surface area contributed by atoms with Gasteiger partial charge in [-0.3, -0.25) is 0 Å². The quantitative estimate of drug-likeness (QED) is 0.702. The summed E-state index contributed by atoms with van der Waals surface area (Å²) in [6, 6.07) is 0.623. The van der Waals surface area contributed by atoms with E-state index < -0.39 is 0 Å². The predicted molar refractivity (Wildman–Crippen MR) is 62.3 cm³/mol. The Kier molecular flexibility index (Phi) is 5.49. The second-order valence-corrected chi connectivity index (χ2v) is 4.63. The fourth-order valence-electron chi connectivity index (χ4n) is 2.66. The number of nitrogens with two attached hydrogens (primary N) is 1. The van der Waals surface area contributed by atoms with E-state index in [-0.39, 0.29) is 0 Å². The van der Waals surface area contributed by atoms with Gasteiger partial charge in [-0.15, -0.1) is 0 Å². The maximum atomic E-state index is 5.89. The smallest absolute Gasteiger partial charge is 0.0243 e. The molecule has 1 fully saturated rings. The van der Waals surface area contributed by atoms with Crippen LogP contribution in [0.4, 0.5) is 0 Å². The SMILES string of the molecule is CCN(C)C(CN)C1CCCCCC1. The maximum absolute atomic E-state index is 5.89. The lowest BCUT2D eigenvalue weighted by molar-refractivity contribution is 0.174. The number of nitrogens with zero attached hydrogens (tertiary/aromatic N) is 1. The Morgan fingerprint density at radius 1 is 1.21 bits per heavy atom. The molecule has 0 amide bonds. The van der Waals surface area contributed by atoms with Crippen molar-refractivity contribution in [3.63, 3.8) is 0 Å². The first kappa shape index (κ1) is 12.0. The Morgan fingerprint density at radius 3 is 2.21 bits per heavy atom. The van der Waals surface area contributed by atoms with Crippen LogP contribution in [0.2, 0.25) is 0 Å². The molecule has 0 saturated heterocycles. The lowest BCUT2D eigenvalue weighted by Gasteiger charge is -2.32. The molecule has 2 N–H and O–H groups in total. The first-order valence-electron chi connectivity index (χ1n) is 6.20. The van der Waals surface area contributed by atoms with Gasteiger partial charge in [0.05, 0.1) is 0 Å². The van der Waals surface area contributed by atoms with Crippen LogP contribution in [0.1, 0.15) is 45.4 Å². The van der Waals surface area contributed by atoms with Gasteiger partial charge in [-0.05, 0) is 32.4 Å². The second kappa shape index (κ2) is 6.41. The highest BCUT2D eigenvalue weighted by atomic mass is 15.1. The van der Waals surface area contributed by atoms with Crippen LogP contribution >= 0.6 is 0 Å². The molecule has 0 aromatic rings. The van der Waals surface area contributed by atoms with E-state index >= 15 is 0 Å². The molecule has 1 unspecified atom stereocenters. The first-order valence-corrected chi connectivity index (χ1v) is 6.20. The fourth-order valence-corrected chi connectivity index (χ4v) is 2.66. The van der Waals surface area contributed by atoms with Crippen LogP contribution in [0.5, 0.6) is 0 Å². The summed E-state index contributed by atoms with van der Waals surface area (Å²) in [4.78, 5) is 2.43. The molecule has 1 aliphatic rings. The zero-order chi connectivity index (χ0) is 10.4. The molecule has 2 heteroatoms. The molecule has 0 bridgehead atoms. The van der Waals surface area contributed by atoms with E-state index in [9.17, 15) is 0 Å². The summed E-state index contributed by atoms with van der Waals surface area (Å²) < 4.78 is 0. The Labute approximate surface area is 88.8 Å². The minimum atomic E-state index is 0.623. The van der Waals surface area contributed by atoms with Gasteiger partial charge in [0.25, 0.3) is 0 Å². The third-order valence-electron chi connectivity index (χ3n) is 3.75. The van der Waals surface area contributed by atoms with Crippen LogP contribution in [-0.2, 0) is 0 Å². The molecule has 0 aromatic heterocycles. The fraction of sp³-hybridized carbons (Fsp3) is 1.00. The topological polar surface area (TPSA) is 29.3 Å². The highest BCUT2D eigenvalue weighted by Crippen LogP contribution is 2.27. The molecule has 1 aliphatic carbocycles. The first-order chi connectivity index (χ1) is 6.79. The maximum Gasteiger partial charge on any atom is 0.0243 e. The van der Waals surface area contributed by atoms with E-state index in [1.807, 2.05) is 0 Å². The Balaban J connectivity index is 2.48. The lowest BCUT2D eigenvalue weighted by atomic mass is 9.91. The summed E-state index contributed by atoms with van der Waals surface area (Å²) >= 11 is 0. The monoisotopic (exact) mass is 198 g/mol. The zero-order valence-corrected chi connectivity index (χ0v) is 9.84. The minimum Gasteiger partial charge on any atom is -0.329 e. The average Bonchev–Trinajstić information content (AvgIpc) is 2.47. The van der Waals surface area contributed by atoms with Gasteiger partial charge in [0.1, 0.15) is 0 Å². The molecule has 2 nitrogen and oxygen atoms in total. The van der Waals surface area contributed by atoms with E-state index in [0.717, 1.165) is 19.0 Å². The third kappa shape index (κ3) is 3.25. The largest absolute Gasteiger partial charge is 0.329 e. The number of rotatable bonds is 4. The Morgan fingerprint density at radius 2 is 1.79 bits per heavy atom. The van der Waals surface area contributed by atoms with E-state index in [1.165, 1.54) is 38.5 Å². The van der Waals surface area contributed by atoms with Gasteiger partial charge in [0.2, 0.25) is 0 Å². The molecule has 0 heterocycles. The van der Waals surface area contributed by atoms with Crippen molar-refractivity contribution in [1.82, 2.24) is 4.90 Å². The molecule has 1 saturated carbocycles. The normalized spacial score (nSPS) is 22.3. The predicted octanol–water partition coefficient (Wildman–Crippen LogP) is 2.24. The number of likely N-dealkylation sites (N-methyl/N-ethyl adjacent to an activating group) is 1. The van der Waals surface area contributed by atoms with E-state index in [4.69, 9.17) is 5.73 Å². The molecule has 84 valence electrons. The van der Waals surface area contributed by atoms with Crippen molar-refractivity contribution < 1.29 is 0 Å². The van der Waals surface area contributed by atoms with Crippen molar-refractivity contribution in [3.05, 3.63) is 0 Å². The average molecular weight is 198 g/mol. The van der Waals surface area contributed by atoms with Crippen LogP contribution in [0.15, 0.2) is 0 Å². The highest BCUT2D eigenvalue weighted by Gasteiger charge is 2.23. The highest BCUT2D eigenvalue weighted by molar-refractivity contribution is 4.79. The van der Waals surface area contributed by atoms with Gasteiger partial charge < -0.3 is 10.6 Å². The minimum absolute atomic E-state index is 0.623. The summed E-state index contributed by atoms with van der Waals surface area (Å²) in [6.45, 7) is 4.17. The summed E-state index contributed by atoms with van der Waals surface area (Å²) in [5.41, 5.74) is 5.89. The van der Waals surface area contributed by atoms with E-state index in [2.05, 4.69) is 18.9 Å². The van der Waals surface area contributed by atoms with Gasteiger partial charge in [0, 0.05) is 12.6 Å². The molecule has 0 aromatic carbocycles. The van der Waals surface area contributed by atoms with E-state index in [1.54, 1.807) is 0 Å². The molecular formula is C12H26N2. The van der Waals surface area contributed by atoms with Gasteiger partial charge in [-0.25, -0.2) is 0 Å². The van der Waals surface area contributed by atoms with Crippen LogP contribution in [0.3, 0.4) is 0 Å². The second-order valence-electron chi connectivity index (χ2n) is 4.63. The van der Waals surface area contributed by atoms with Crippen molar-refractivity contribution in [2.45, 2.75) is 51.5 Å². The standard InChI is InChI=1S/C12H26N2/c1-3-14(2)12(10-13)11-8-6-4-5-7-9-11/h11-12H,3-10,13H2,1-2H3. The Bertz CT molecular complexity index is 139. The van der Waals surface area contributed by atoms with Gasteiger partial charge >= 0.3 is 0 Å². The molecular weight excluding hydrogens is 172 g/mol. The van der Waals surface area contributed by atoms with Crippen molar-refractivity contribution in [2.75, 3.05) is 20.1 Å².